The first-order valence-electron chi connectivity index (χ1n) is 13.2. The van der Waals surface area contributed by atoms with Crippen molar-refractivity contribution in [2.24, 2.45) is 52.3 Å². The monoisotopic (exact) mass is 432 g/mol. The lowest BCUT2D eigenvalue weighted by Crippen LogP contribution is -2.68. The molecule has 178 valence electrons. The lowest BCUT2D eigenvalue weighted by molar-refractivity contribution is -0.264. The molecule has 4 rings (SSSR count). The van der Waals surface area contributed by atoms with Crippen molar-refractivity contribution in [2.75, 3.05) is 0 Å². The van der Waals surface area contributed by atoms with Gasteiger partial charge in [0.1, 0.15) is 0 Å². The van der Waals surface area contributed by atoms with Gasteiger partial charge in [0.25, 0.3) is 0 Å². The van der Waals surface area contributed by atoms with E-state index in [0.29, 0.717) is 59.7 Å². The summed E-state index contributed by atoms with van der Waals surface area (Å²) in [6.45, 7) is 14.1. The van der Waals surface area contributed by atoms with E-state index < -0.39 is 17.8 Å². The molecule has 11 atom stereocenters. The first-order chi connectivity index (χ1) is 14.4. The minimum absolute atomic E-state index is 0.272. The van der Waals surface area contributed by atoms with E-state index in [1.165, 1.54) is 19.3 Å². The smallest absolute Gasteiger partial charge is 0.0985 e. The highest BCUT2D eigenvalue weighted by molar-refractivity contribution is 5.17. The second-order valence-electron chi connectivity index (χ2n) is 12.9. The maximum atomic E-state index is 11.6. The molecule has 9 unspecified atom stereocenters. The molecule has 0 spiro atoms. The summed E-state index contributed by atoms with van der Waals surface area (Å²) < 4.78 is 0. The normalized spacial score (nSPS) is 51.9. The van der Waals surface area contributed by atoms with E-state index in [4.69, 9.17) is 0 Å². The average molecular weight is 433 g/mol. The van der Waals surface area contributed by atoms with E-state index >= 15 is 0 Å². The highest BCUT2D eigenvalue weighted by Gasteiger charge is 2.67. The van der Waals surface area contributed by atoms with Crippen LogP contribution < -0.4 is 0 Å². The van der Waals surface area contributed by atoms with E-state index in [2.05, 4.69) is 53.7 Å². The minimum Gasteiger partial charge on any atom is -0.393 e. The number of allylic oxidation sites excluding steroid dienone is 2. The van der Waals surface area contributed by atoms with Gasteiger partial charge in [-0.15, -0.1) is 0 Å². The molecule has 0 amide bonds. The molecule has 3 nitrogen and oxygen atoms in total. The molecule has 4 aliphatic carbocycles. The number of rotatable bonds is 4. The Morgan fingerprint density at radius 1 is 0.871 bits per heavy atom. The fraction of sp³-hybridized carbons (Fsp3) is 0.929. The number of aliphatic hydroxyl groups excluding tert-OH is 2. The number of aliphatic hydroxyl groups is 3. The standard InChI is InChI=1S/C28H48O3/c1-17(2)18(3)7-8-19(4)22-9-10-23-21-15-25(30)28(31)16-20(29)11-14-27(28,6)24(21)12-13-26(22,23)5/h7-8,17-25,29-31H,9-16H2,1-6H3/b8-7+/t18?,19-,20?,21?,22?,23?,24?,25?,26?,27?,28+/m1/s1. The van der Waals surface area contributed by atoms with Crippen molar-refractivity contribution in [1.82, 2.24) is 0 Å². The molecule has 0 radical (unpaired) electrons. The summed E-state index contributed by atoms with van der Waals surface area (Å²) in [5.74, 6) is 4.24. The van der Waals surface area contributed by atoms with Crippen LogP contribution in [0.2, 0.25) is 0 Å². The van der Waals surface area contributed by atoms with Gasteiger partial charge in [0, 0.05) is 11.8 Å². The summed E-state index contributed by atoms with van der Waals surface area (Å²) in [6.07, 6.45) is 11.4. The predicted octanol–water partition coefficient (Wildman–Crippen LogP) is 5.58. The van der Waals surface area contributed by atoms with Crippen molar-refractivity contribution < 1.29 is 15.3 Å². The molecule has 0 aliphatic heterocycles. The van der Waals surface area contributed by atoms with Crippen LogP contribution >= 0.6 is 0 Å². The molecule has 4 aliphatic rings. The van der Waals surface area contributed by atoms with Gasteiger partial charge < -0.3 is 15.3 Å². The van der Waals surface area contributed by atoms with Crippen molar-refractivity contribution in [3.8, 4) is 0 Å². The highest BCUT2D eigenvalue weighted by Crippen LogP contribution is 2.69. The summed E-state index contributed by atoms with van der Waals surface area (Å²) in [5.41, 5.74) is -1.06. The third-order valence-corrected chi connectivity index (χ3v) is 11.3. The van der Waals surface area contributed by atoms with Crippen LogP contribution in [-0.4, -0.2) is 33.1 Å². The zero-order valence-corrected chi connectivity index (χ0v) is 20.8. The Bertz CT molecular complexity index is 688. The maximum Gasteiger partial charge on any atom is 0.0985 e. The zero-order valence-electron chi connectivity index (χ0n) is 20.8. The van der Waals surface area contributed by atoms with Gasteiger partial charge >= 0.3 is 0 Å². The molecule has 3 N–H and O–H groups in total. The van der Waals surface area contributed by atoms with Crippen LogP contribution in [-0.2, 0) is 0 Å². The zero-order chi connectivity index (χ0) is 22.8. The van der Waals surface area contributed by atoms with E-state index in [1.807, 2.05) is 0 Å². The van der Waals surface area contributed by atoms with E-state index in [0.717, 1.165) is 19.3 Å². The molecule has 3 heteroatoms. The van der Waals surface area contributed by atoms with Crippen LogP contribution in [0.4, 0.5) is 0 Å². The molecule has 31 heavy (non-hydrogen) atoms. The summed E-state index contributed by atoms with van der Waals surface area (Å²) >= 11 is 0. The Kier molecular flexibility index (Phi) is 6.24. The molecular formula is C28H48O3. The summed E-state index contributed by atoms with van der Waals surface area (Å²) in [7, 11) is 0. The van der Waals surface area contributed by atoms with Gasteiger partial charge in [-0.1, -0.05) is 53.7 Å². The molecule has 0 saturated heterocycles. The number of fused-ring (bicyclic) bond motifs is 5. The van der Waals surface area contributed by atoms with Gasteiger partial charge in [-0.3, -0.25) is 0 Å². The predicted molar refractivity (Wildman–Crippen MR) is 126 cm³/mol. The highest BCUT2D eigenvalue weighted by atomic mass is 16.3. The van der Waals surface area contributed by atoms with Crippen molar-refractivity contribution in [2.45, 2.75) is 111 Å². The Labute approximate surface area is 190 Å². The van der Waals surface area contributed by atoms with Gasteiger partial charge in [-0.2, -0.15) is 0 Å². The topological polar surface area (TPSA) is 60.7 Å². The lowest BCUT2D eigenvalue weighted by atomic mass is 9.42. The molecule has 0 aromatic heterocycles. The molecule has 4 fully saturated rings. The summed E-state index contributed by atoms with van der Waals surface area (Å²) in [6, 6.07) is 0. The average Bonchev–Trinajstić information content (AvgIpc) is 3.05. The minimum atomic E-state index is -1.12. The van der Waals surface area contributed by atoms with Crippen molar-refractivity contribution in [1.29, 1.82) is 0 Å². The molecule has 0 heterocycles. The van der Waals surface area contributed by atoms with E-state index in [1.54, 1.807) is 0 Å². The SMILES string of the molecule is CC(C)C(C)/C=C/[C@@H](C)C1CCC2C3CC(O)[C@@]4(O)CC(O)CCC4(C)C3CCC21C. The third-order valence-electron chi connectivity index (χ3n) is 11.3. The van der Waals surface area contributed by atoms with Crippen LogP contribution in [0.3, 0.4) is 0 Å². The van der Waals surface area contributed by atoms with Crippen LogP contribution in [0.1, 0.15) is 92.9 Å². The van der Waals surface area contributed by atoms with E-state index in [9.17, 15) is 15.3 Å². The second-order valence-corrected chi connectivity index (χ2v) is 12.9. The van der Waals surface area contributed by atoms with Crippen molar-refractivity contribution >= 4 is 0 Å². The van der Waals surface area contributed by atoms with Crippen molar-refractivity contribution in [3.63, 3.8) is 0 Å². The first-order valence-corrected chi connectivity index (χ1v) is 13.2. The van der Waals surface area contributed by atoms with Gasteiger partial charge in [0.15, 0.2) is 0 Å². The molecule has 0 aromatic carbocycles. The summed E-state index contributed by atoms with van der Waals surface area (Å²) in [4.78, 5) is 0. The third kappa shape index (κ3) is 3.56. The van der Waals surface area contributed by atoms with Crippen LogP contribution in [0, 0.1) is 52.3 Å². The Morgan fingerprint density at radius 3 is 2.26 bits per heavy atom. The van der Waals surface area contributed by atoms with Gasteiger partial charge in [-0.25, -0.2) is 0 Å². The maximum absolute atomic E-state index is 11.6. The van der Waals surface area contributed by atoms with Crippen LogP contribution in [0.25, 0.3) is 0 Å². The van der Waals surface area contributed by atoms with Gasteiger partial charge in [0.2, 0.25) is 0 Å². The van der Waals surface area contributed by atoms with Gasteiger partial charge in [-0.05, 0) is 91.8 Å². The summed E-state index contributed by atoms with van der Waals surface area (Å²) in [5, 5.41) is 33.1. The largest absolute Gasteiger partial charge is 0.393 e. The van der Waals surface area contributed by atoms with Crippen LogP contribution in [0.5, 0.6) is 0 Å². The quantitative estimate of drug-likeness (QED) is 0.509. The lowest BCUT2D eigenvalue weighted by Gasteiger charge is -2.65. The Balaban J connectivity index is 1.56. The molecular weight excluding hydrogens is 384 g/mol. The van der Waals surface area contributed by atoms with Gasteiger partial charge in [0.05, 0.1) is 17.8 Å². The van der Waals surface area contributed by atoms with E-state index in [-0.39, 0.29) is 5.41 Å². The second kappa shape index (κ2) is 8.13. The molecule has 4 saturated carbocycles. The fourth-order valence-electron chi connectivity index (χ4n) is 8.87. The number of hydrogen-bond donors (Lipinski definition) is 3. The number of hydrogen-bond acceptors (Lipinski definition) is 3. The first kappa shape index (κ1) is 23.8. The van der Waals surface area contributed by atoms with Crippen molar-refractivity contribution in [3.05, 3.63) is 12.2 Å². The fourth-order valence-corrected chi connectivity index (χ4v) is 8.87. The Morgan fingerprint density at radius 2 is 1.58 bits per heavy atom. The molecule has 0 aromatic rings. The van der Waals surface area contributed by atoms with Crippen LogP contribution in [0.15, 0.2) is 12.2 Å². The Hall–Kier alpha value is -0.380. The molecule has 0 bridgehead atoms.